The highest BCUT2D eigenvalue weighted by Gasteiger charge is 2.38. The summed E-state index contributed by atoms with van der Waals surface area (Å²) in [6.07, 6.45) is 4.87. The van der Waals surface area contributed by atoms with Gasteiger partial charge in [0.1, 0.15) is 11.5 Å². The van der Waals surface area contributed by atoms with E-state index in [1.807, 2.05) is 12.3 Å². The maximum absolute atomic E-state index is 14.4. The summed E-state index contributed by atoms with van der Waals surface area (Å²) >= 11 is 1.75. The first-order valence-corrected chi connectivity index (χ1v) is 11.7. The molecule has 7 heteroatoms. The maximum atomic E-state index is 14.4. The minimum Gasteiger partial charge on any atom is -0.339 e. The zero-order valence-corrected chi connectivity index (χ0v) is 18.7. The number of likely N-dealkylation sites (tertiary alicyclic amines) is 1. The van der Waals surface area contributed by atoms with Gasteiger partial charge in [-0.3, -0.25) is 4.79 Å². The number of nitrogens with one attached hydrogen (secondary N) is 1. The van der Waals surface area contributed by atoms with Crippen molar-refractivity contribution in [1.29, 1.82) is 0 Å². The summed E-state index contributed by atoms with van der Waals surface area (Å²) in [5, 5.41) is 8.31. The summed E-state index contributed by atoms with van der Waals surface area (Å²) in [5.74, 6) is 0.356. The lowest BCUT2D eigenvalue weighted by Gasteiger charge is -2.15. The number of benzene rings is 1. The Morgan fingerprint density at radius 3 is 2.77 bits per heavy atom. The molecule has 3 aromatic rings. The van der Waals surface area contributed by atoms with E-state index in [9.17, 15) is 9.18 Å². The zero-order chi connectivity index (χ0) is 21.5. The summed E-state index contributed by atoms with van der Waals surface area (Å²) < 4.78 is 16.0. The van der Waals surface area contributed by atoms with E-state index < -0.39 is 0 Å². The largest absolute Gasteiger partial charge is 0.339 e. The van der Waals surface area contributed by atoms with Gasteiger partial charge in [0.2, 0.25) is 5.91 Å². The molecule has 1 aliphatic carbocycles. The molecule has 2 aromatic heterocycles. The summed E-state index contributed by atoms with van der Waals surface area (Å²) in [6, 6.07) is 9.35. The fourth-order valence-corrected chi connectivity index (χ4v) is 5.41. The highest BCUT2D eigenvalue weighted by molar-refractivity contribution is 7.12. The molecule has 1 atom stereocenters. The number of nitrogens with zero attached hydrogens (tertiary/aromatic N) is 3. The standard InChI is InChI=1S/C24H27FN4OS/c1-15-9-20(16(2)31-15)24-18(14-29(27-24)22-6-4-3-5-21(22)25)12-26-11-17-10-23(30)28(13-17)19-7-8-19/h3-6,9,14,17,19,26H,7-8,10-13H2,1-2H3. The van der Waals surface area contributed by atoms with Gasteiger partial charge in [-0.2, -0.15) is 5.10 Å². The summed E-state index contributed by atoms with van der Waals surface area (Å²) in [5.41, 5.74) is 3.47. The average Bonchev–Trinajstić information content (AvgIpc) is 3.26. The Morgan fingerprint density at radius 1 is 1.26 bits per heavy atom. The van der Waals surface area contributed by atoms with E-state index in [0.29, 0.717) is 36.5 Å². The monoisotopic (exact) mass is 438 g/mol. The molecule has 1 N–H and O–H groups in total. The lowest BCUT2D eigenvalue weighted by molar-refractivity contribution is -0.128. The Hall–Kier alpha value is -2.51. The fourth-order valence-electron chi connectivity index (χ4n) is 4.49. The van der Waals surface area contributed by atoms with Crippen molar-refractivity contribution in [2.24, 2.45) is 5.92 Å². The third kappa shape index (κ3) is 4.16. The molecule has 1 unspecified atom stereocenters. The van der Waals surface area contributed by atoms with Gasteiger partial charge in [0.25, 0.3) is 0 Å². The van der Waals surface area contributed by atoms with E-state index in [-0.39, 0.29) is 5.82 Å². The van der Waals surface area contributed by atoms with Crippen LogP contribution < -0.4 is 5.32 Å². The number of thiophene rings is 1. The van der Waals surface area contributed by atoms with Crippen LogP contribution in [0.5, 0.6) is 0 Å². The third-order valence-corrected chi connectivity index (χ3v) is 7.13. The van der Waals surface area contributed by atoms with Gasteiger partial charge in [0, 0.05) is 59.2 Å². The lowest BCUT2D eigenvalue weighted by atomic mass is 10.1. The lowest BCUT2D eigenvalue weighted by Crippen LogP contribution is -2.29. The first-order valence-electron chi connectivity index (χ1n) is 10.9. The van der Waals surface area contributed by atoms with Crippen molar-refractivity contribution in [3.05, 3.63) is 57.7 Å². The maximum Gasteiger partial charge on any atom is 0.223 e. The Balaban J connectivity index is 1.36. The summed E-state index contributed by atoms with van der Waals surface area (Å²) in [6.45, 7) is 6.48. The van der Waals surface area contributed by atoms with Crippen LogP contribution in [0.2, 0.25) is 0 Å². The molecule has 3 heterocycles. The van der Waals surface area contributed by atoms with Crippen molar-refractivity contribution in [2.45, 2.75) is 45.7 Å². The second-order valence-electron chi connectivity index (χ2n) is 8.70. The number of aryl methyl sites for hydroxylation is 2. The molecule has 2 fully saturated rings. The minimum absolute atomic E-state index is 0.293. The van der Waals surface area contributed by atoms with Crippen molar-refractivity contribution in [2.75, 3.05) is 13.1 Å². The molecule has 1 aliphatic heterocycles. The molecule has 1 saturated carbocycles. The number of hydrogen-bond donors (Lipinski definition) is 1. The molecule has 1 amide bonds. The van der Waals surface area contributed by atoms with Crippen LogP contribution in [-0.2, 0) is 11.3 Å². The van der Waals surface area contributed by atoms with Crippen LogP contribution in [0.4, 0.5) is 4.39 Å². The van der Waals surface area contributed by atoms with Crippen molar-refractivity contribution in [1.82, 2.24) is 20.0 Å². The molecular weight excluding hydrogens is 411 g/mol. The SMILES string of the molecule is Cc1cc(-c2nn(-c3ccccc3F)cc2CNCC2CC(=O)N(C3CC3)C2)c(C)s1. The predicted octanol–water partition coefficient (Wildman–Crippen LogP) is 4.46. The van der Waals surface area contributed by atoms with Gasteiger partial charge in [-0.05, 0) is 50.8 Å². The number of amides is 1. The zero-order valence-electron chi connectivity index (χ0n) is 17.9. The molecule has 1 saturated heterocycles. The average molecular weight is 439 g/mol. The smallest absolute Gasteiger partial charge is 0.223 e. The second-order valence-corrected chi connectivity index (χ2v) is 10.2. The molecule has 1 aromatic carbocycles. The van der Waals surface area contributed by atoms with E-state index in [2.05, 4.69) is 30.1 Å². The quantitative estimate of drug-likeness (QED) is 0.593. The van der Waals surface area contributed by atoms with Crippen molar-refractivity contribution >= 4 is 17.2 Å². The molecule has 162 valence electrons. The Labute approximate surface area is 185 Å². The molecule has 2 aliphatic rings. The Morgan fingerprint density at radius 2 is 2.06 bits per heavy atom. The van der Waals surface area contributed by atoms with Crippen LogP contribution in [0.3, 0.4) is 0 Å². The van der Waals surface area contributed by atoms with Crippen LogP contribution in [0.1, 0.15) is 34.6 Å². The van der Waals surface area contributed by atoms with Crippen molar-refractivity contribution < 1.29 is 9.18 Å². The summed E-state index contributed by atoms with van der Waals surface area (Å²) in [4.78, 5) is 16.7. The molecule has 31 heavy (non-hydrogen) atoms. The third-order valence-electron chi connectivity index (χ3n) is 6.16. The van der Waals surface area contributed by atoms with E-state index in [0.717, 1.165) is 42.8 Å². The van der Waals surface area contributed by atoms with Crippen molar-refractivity contribution in [3.63, 3.8) is 0 Å². The highest BCUT2D eigenvalue weighted by atomic mass is 32.1. The fraction of sp³-hybridized carbons (Fsp3) is 0.417. The molecule has 5 rings (SSSR count). The first-order chi connectivity index (χ1) is 15.0. The number of hydrogen-bond acceptors (Lipinski definition) is 4. The van der Waals surface area contributed by atoms with Gasteiger partial charge in [-0.1, -0.05) is 12.1 Å². The van der Waals surface area contributed by atoms with Gasteiger partial charge >= 0.3 is 0 Å². The molecule has 0 bridgehead atoms. The first kappa shape index (κ1) is 20.4. The number of carbonyl (C=O) groups excluding carboxylic acids is 1. The van der Waals surface area contributed by atoms with E-state index >= 15 is 0 Å². The van der Waals surface area contributed by atoms with Gasteiger partial charge in [-0.25, -0.2) is 9.07 Å². The van der Waals surface area contributed by atoms with Gasteiger partial charge < -0.3 is 10.2 Å². The second kappa shape index (κ2) is 8.20. The Bertz CT molecular complexity index is 1120. The minimum atomic E-state index is -0.293. The van der Waals surface area contributed by atoms with Gasteiger partial charge in [-0.15, -0.1) is 11.3 Å². The highest BCUT2D eigenvalue weighted by Crippen LogP contribution is 2.34. The molecule has 0 radical (unpaired) electrons. The number of para-hydroxylation sites is 1. The van der Waals surface area contributed by atoms with E-state index in [1.54, 1.807) is 28.2 Å². The van der Waals surface area contributed by atoms with E-state index in [4.69, 9.17) is 5.10 Å². The molecule has 5 nitrogen and oxygen atoms in total. The van der Waals surface area contributed by atoms with Crippen LogP contribution in [0.25, 0.3) is 16.9 Å². The molecule has 0 spiro atoms. The predicted molar refractivity (Wildman–Crippen MR) is 121 cm³/mol. The van der Waals surface area contributed by atoms with Crippen LogP contribution in [-0.4, -0.2) is 39.7 Å². The van der Waals surface area contributed by atoms with Crippen molar-refractivity contribution in [3.8, 4) is 16.9 Å². The number of rotatable bonds is 7. The van der Waals surface area contributed by atoms with Gasteiger partial charge in [0.15, 0.2) is 0 Å². The topological polar surface area (TPSA) is 50.2 Å². The number of carbonyl (C=O) groups is 1. The van der Waals surface area contributed by atoms with Gasteiger partial charge in [0.05, 0.1) is 5.69 Å². The number of halogens is 1. The van der Waals surface area contributed by atoms with Crippen LogP contribution >= 0.6 is 11.3 Å². The normalized spacial score (nSPS) is 18.9. The summed E-state index contributed by atoms with van der Waals surface area (Å²) in [7, 11) is 0. The van der Waals surface area contributed by atoms with Crippen LogP contribution in [0, 0.1) is 25.6 Å². The number of aromatic nitrogens is 2. The van der Waals surface area contributed by atoms with Crippen LogP contribution in [0.15, 0.2) is 36.5 Å². The molecular formula is C24H27FN4OS. The van der Waals surface area contributed by atoms with E-state index in [1.165, 1.54) is 15.8 Å². The Kier molecular flexibility index (Phi) is 5.40.